The molecule has 3 N–H and O–H groups in total. The van der Waals surface area contributed by atoms with Crippen LogP contribution in [0.1, 0.15) is 24.2 Å². The second-order valence-corrected chi connectivity index (χ2v) is 5.13. The molecule has 0 radical (unpaired) electrons. The van der Waals surface area contributed by atoms with Gasteiger partial charge in [0, 0.05) is 6.07 Å². The molecule has 0 aliphatic rings. The van der Waals surface area contributed by atoms with Crippen molar-refractivity contribution >= 4 is 22.8 Å². The highest BCUT2D eigenvalue weighted by Crippen LogP contribution is 2.15. The van der Waals surface area contributed by atoms with Gasteiger partial charge in [-0.25, -0.2) is 4.79 Å². The fraction of sp³-hybridized carbons (Fsp3) is 0.267. The lowest BCUT2D eigenvalue weighted by atomic mass is 10.0. The molecular formula is C15H16N2O4. The number of aliphatic carboxylic acids is 1. The van der Waals surface area contributed by atoms with Crippen LogP contribution in [0.5, 0.6) is 0 Å². The molecule has 1 atom stereocenters. The second-order valence-electron chi connectivity index (χ2n) is 5.13. The van der Waals surface area contributed by atoms with Gasteiger partial charge in [0.15, 0.2) is 0 Å². The van der Waals surface area contributed by atoms with E-state index in [1.165, 1.54) is 6.07 Å². The van der Waals surface area contributed by atoms with Gasteiger partial charge in [-0.05, 0) is 23.4 Å². The first-order valence-corrected chi connectivity index (χ1v) is 6.56. The number of carboxylic acid groups (broad SMARTS) is 1. The Morgan fingerprint density at radius 3 is 2.52 bits per heavy atom. The molecule has 6 heteroatoms. The fourth-order valence-electron chi connectivity index (χ4n) is 2.10. The van der Waals surface area contributed by atoms with E-state index in [4.69, 9.17) is 5.11 Å². The molecule has 0 aliphatic heterocycles. The zero-order chi connectivity index (χ0) is 15.6. The van der Waals surface area contributed by atoms with E-state index in [1.54, 1.807) is 38.1 Å². The number of H-pyrrole nitrogens is 1. The van der Waals surface area contributed by atoms with Crippen molar-refractivity contribution in [2.45, 2.75) is 19.9 Å². The van der Waals surface area contributed by atoms with Crippen LogP contribution in [0.15, 0.2) is 35.1 Å². The topological polar surface area (TPSA) is 99.3 Å². The highest BCUT2D eigenvalue weighted by molar-refractivity contribution is 6.06. The summed E-state index contributed by atoms with van der Waals surface area (Å²) in [5.74, 6) is -1.86. The van der Waals surface area contributed by atoms with Crippen molar-refractivity contribution in [1.82, 2.24) is 10.3 Å². The van der Waals surface area contributed by atoms with E-state index >= 15 is 0 Å². The molecule has 6 nitrogen and oxygen atoms in total. The lowest BCUT2D eigenvalue weighted by molar-refractivity contribution is -0.140. The Bertz CT molecular complexity index is 749. The molecule has 0 unspecified atom stereocenters. The summed E-state index contributed by atoms with van der Waals surface area (Å²) in [6, 6.07) is 7.00. The Morgan fingerprint density at radius 2 is 1.90 bits per heavy atom. The van der Waals surface area contributed by atoms with Gasteiger partial charge >= 0.3 is 5.97 Å². The maximum atomic E-state index is 12.3. The van der Waals surface area contributed by atoms with Gasteiger partial charge in [-0.15, -0.1) is 0 Å². The molecule has 1 amide bonds. The maximum absolute atomic E-state index is 12.3. The third kappa shape index (κ3) is 3.10. The molecule has 0 spiro atoms. The van der Waals surface area contributed by atoms with Crippen LogP contribution in [-0.2, 0) is 4.79 Å². The van der Waals surface area contributed by atoms with E-state index in [-0.39, 0.29) is 17.0 Å². The molecule has 110 valence electrons. The Morgan fingerprint density at radius 1 is 1.19 bits per heavy atom. The number of carbonyl (C=O) groups excluding carboxylic acids is 1. The van der Waals surface area contributed by atoms with Crippen LogP contribution in [0.2, 0.25) is 0 Å². The van der Waals surface area contributed by atoms with Crippen molar-refractivity contribution < 1.29 is 14.7 Å². The summed E-state index contributed by atoms with van der Waals surface area (Å²) in [6.07, 6.45) is 0. The number of para-hydroxylation sites is 1. The minimum absolute atomic E-state index is 0.247. The third-order valence-electron chi connectivity index (χ3n) is 3.22. The average Bonchev–Trinajstić information content (AvgIpc) is 2.43. The highest BCUT2D eigenvalue weighted by Gasteiger charge is 2.24. The average molecular weight is 288 g/mol. The zero-order valence-corrected chi connectivity index (χ0v) is 11.7. The van der Waals surface area contributed by atoms with E-state index in [2.05, 4.69) is 10.3 Å². The van der Waals surface area contributed by atoms with E-state index in [9.17, 15) is 14.4 Å². The number of aromatic nitrogens is 1. The van der Waals surface area contributed by atoms with Gasteiger partial charge in [-0.3, -0.25) is 9.59 Å². The minimum atomic E-state index is -1.09. The first kappa shape index (κ1) is 14.8. The molecule has 0 saturated heterocycles. The number of pyridine rings is 1. The van der Waals surface area contributed by atoms with Gasteiger partial charge in [0.25, 0.3) is 5.91 Å². The van der Waals surface area contributed by atoms with Crippen LogP contribution in [-0.4, -0.2) is 28.0 Å². The van der Waals surface area contributed by atoms with E-state index < -0.39 is 17.9 Å². The Balaban J connectivity index is 2.42. The third-order valence-corrected chi connectivity index (χ3v) is 3.22. The van der Waals surface area contributed by atoms with E-state index in [0.717, 1.165) is 0 Å². The van der Waals surface area contributed by atoms with Gasteiger partial charge in [-0.1, -0.05) is 26.0 Å². The quantitative estimate of drug-likeness (QED) is 0.791. The number of aromatic amines is 1. The Kier molecular flexibility index (Phi) is 4.07. The summed E-state index contributed by atoms with van der Waals surface area (Å²) in [7, 11) is 0. The standard InChI is InChI=1S/C15H16N2O4/c1-8(2)12(15(20)21)17-14(19)10-5-3-4-9-6-7-11(18)16-13(9)10/h3-8,12H,1-2H3,(H,16,18)(H,17,19)(H,20,21)/t12-/m1/s1. The lowest BCUT2D eigenvalue weighted by Crippen LogP contribution is -2.44. The predicted octanol–water partition coefficient (Wildman–Crippen LogP) is 1.37. The number of fused-ring (bicyclic) bond motifs is 1. The van der Waals surface area contributed by atoms with Gasteiger partial charge < -0.3 is 15.4 Å². The van der Waals surface area contributed by atoms with Crippen molar-refractivity contribution in [2.24, 2.45) is 5.92 Å². The molecule has 0 aliphatic carbocycles. The summed E-state index contributed by atoms with van der Waals surface area (Å²) in [5, 5.41) is 12.3. The molecule has 0 saturated carbocycles. The first-order chi connectivity index (χ1) is 9.90. The fourth-order valence-corrected chi connectivity index (χ4v) is 2.10. The van der Waals surface area contributed by atoms with E-state index in [1.807, 2.05) is 0 Å². The molecule has 1 heterocycles. The van der Waals surface area contributed by atoms with Crippen LogP contribution < -0.4 is 10.9 Å². The summed E-state index contributed by atoms with van der Waals surface area (Å²) in [5.41, 5.74) is 0.328. The first-order valence-electron chi connectivity index (χ1n) is 6.56. The number of rotatable bonds is 4. The molecule has 21 heavy (non-hydrogen) atoms. The van der Waals surface area contributed by atoms with Gasteiger partial charge in [0.05, 0.1) is 11.1 Å². The molecule has 2 rings (SSSR count). The summed E-state index contributed by atoms with van der Waals surface area (Å²) in [6.45, 7) is 3.42. The number of benzene rings is 1. The van der Waals surface area contributed by atoms with Gasteiger partial charge in [0.1, 0.15) is 6.04 Å². The largest absolute Gasteiger partial charge is 0.480 e. The Labute approximate surface area is 120 Å². The number of carboxylic acids is 1. The molecule has 2 aromatic rings. The van der Waals surface area contributed by atoms with Crippen molar-refractivity contribution in [3.8, 4) is 0 Å². The second kappa shape index (κ2) is 5.78. The van der Waals surface area contributed by atoms with Crippen molar-refractivity contribution in [2.75, 3.05) is 0 Å². The number of carbonyl (C=O) groups is 2. The zero-order valence-electron chi connectivity index (χ0n) is 11.7. The van der Waals surface area contributed by atoms with Crippen LogP contribution in [0.4, 0.5) is 0 Å². The summed E-state index contributed by atoms with van der Waals surface area (Å²) < 4.78 is 0. The number of nitrogens with one attached hydrogen (secondary N) is 2. The predicted molar refractivity (Wildman–Crippen MR) is 78.3 cm³/mol. The maximum Gasteiger partial charge on any atom is 0.326 e. The number of hydrogen-bond donors (Lipinski definition) is 3. The molecule has 1 aromatic heterocycles. The molecular weight excluding hydrogens is 272 g/mol. The van der Waals surface area contributed by atoms with Crippen LogP contribution >= 0.6 is 0 Å². The normalized spacial score (nSPS) is 12.3. The van der Waals surface area contributed by atoms with E-state index in [0.29, 0.717) is 10.9 Å². The summed E-state index contributed by atoms with van der Waals surface area (Å²) in [4.78, 5) is 37.5. The molecule has 0 bridgehead atoms. The Hall–Kier alpha value is -2.63. The smallest absolute Gasteiger partial charge is 0.326 e. The highest BCUT2D eigenvalue weighted by atomic mass is 16.4. The van der Waals surface area contributed by atoms with Crippen LogP contribution in [0.25, 0.3) is 10.9 Å². The lowest BCUT2D eigenvalue weighted by Gasteiger charge is -2.18. The van der Waals surface area contributed by atoms with Crippen molar-refractivity contribution in [1.29, 1.82) is 0 Å². The molecule has 0 fully saturated rings. The minimum Gasteiger partial charge on any atom is -0.480 e. The molecule has 1 aromatic carbocycles. The SMILES string of the molecule is CC(C)[C@@H](NC(=O)c1cccc2ccc(=O)[nH]c12)C(=O)O. The van der Waals surface area contributed by atoms with Crippen molar-refractivity contribution in [3.63, 3.8) is 0 Å². The van der Waals surface area contributed by atoms with Gasteiger partial charge in [-0.2, -0.15) is 0 Å². The monoisotopic (exact) mass is 288 g/mol. The number of hydrogen-bond acceptors (Lipinski definition) is 3. The van der Waals surface area contributed by atoms with Gasteiger partial charge in [0.2, 0.25) is 5.56 Å². The number of amides is 1. The summed E-state index contributed by atoms with van der Waals surface area (Å²) >= 11 is 0. The van der Waals surface area contributed by atoms with Crippen molar-refractivity contribution in [3.05, 3.63) is 46.2 Å². The van der Waals surface area contributed by atoms with Crippen LogP contribution in [0.3, 0.4) is 0 Å². The van der Waals surface area contributed by atoms with Crippen LogP contribution in [0, 0.1) is 5.92 Å².